The van der Waals surface area contributed by atoms with E-state index < -0.39 is 11.7 Å². The van der Waals surface area contributed by atoms with Crippen molar-refractivity contribution in [2.24, 2.45) is 0 Å². The number of hydrogen-bond acceptors (Lipinski definition) is 4. The number of nitrogens with zero attached hydrogens (tertiary/aromatic N) is 1. The molecule has 6 nitrogen and oxygen atoms in total. The number of hydrogen-bond donors (Lipinski definition) is 3. The molecule has 0 aliphatic rings. The number of aryl methyl sites for hydroxylation is 1. The number of benzene rings is 2. The van der Waals surface area contributed by atoms with Crippen LogP contribution < -0.4 is 16.2 Å². The molecule has 3 rings (SSSR count). The van der Waals surface area contributed by atoms with E-state index in [0.29, 0.717) is 11.7 Å². The van der Waals surface area contributed by atoms with E-state index in [1.165, 1.54) is 12.1 Å². The highest BCUT2D eigenvalue weighted by Crippen LogP contribution is 2.30. The number of rotatable bonds is 5. The van der Waals surface area contributed by atoms with Crippen LogP contribution in [0.15, 0.2) is 65.2 Å². The summed E-state index contributed by atoms with van der Waals surface area (Å²) in [7, 11) is 0. The van der Waals surface area contributed by atoms with Gasteiger partial charge in [-0.3, -0.25) is 15.6 Å². The summed E-state index contributed by atoms with van der Waals surface area (Å²) >= 11 is 4.98. The maximum Gasteiger partial charge on any atom is 0.416 e. The molecule has 0 saturated heterocycles. The first kappa shape index (κ1) is 21.3. The standard InChI is InChI=1S/C20H17F3N4O2S/c21-20(22,23)14-7-4-8-15(11-14)25-19(30)27-26-17(28)9-10-18-24-12-16(29-18)13-5-2-1-3-6-13/h1-8,11-12H,9-10H2,(H,26,28)(H2,25,27,30). The average molecular weight is 434 g/mol. The normalized spacial score (nSPS) is 11.0. The Morgan fingerprint density at radius 1 is 1.07 bits per heavy atom. The Balaban J connectivity index is 1.44. The molecule has 0 aliphatic carbocycles. The summed E-state index contributed by atoms with van der Waals surface area (Å²) in [5, 5.41) is 2.53. The number of amides is 1. The number of nitrogens with one attached hydrogen (secondary N) is 3. The van der Waals surface area contributed by atoms with E-state index in [-0.39, 0.29) is 29.5 Å². The molecule has 0 radical (unpaired) electrons. The first-order valence-corrected chi connectivity index (χ1v) is 9.25. The Morgan fingerprint density at radius 3 is 2.57 bits per heavy atom. The summed E-state index contributed by atoms with van der Waals surface area (Å²) in [6, 6.07) is 14.0. The van der Waals surface area contributed by atoms with Crippen molar-refractivity contribution in [3.05, 3.63) is 72.2 Å². The molecule has 0 saturated carbocycles. The van der Waals surface area contributed by atoms with Crippen LogP contribution in [0.25, 0.3) is 11.3 Å². The lowest BCUT2D eigenvalue weighted by Gasteiger charge is -2.13. The van der Waals surface area contributed by atoms with Crippen molar-refractivity contribution in [3.8, 4) is 11.3 Å². The van der Waals surface area contributed by atoms with Crippen LogP contribution in [0.2, 0.25) is 0 Å². The van der Waals surface area contributed by atoms with Gasteiger partial charge in [0.05, 0.1) is 11.8 Å². The lowest BCUT2D eigenvalue weighted by atomic mass is 10.2. The van der Waals surface area contributed by atoms with Crippen molar-refractivity contribution in [1.29, 1.82) is 0 Å². The third kappa shape index (κ3) is 6.05. The number of hydrazine groups is 1. The summed E-state index contributed by atoms with van der Waals surface area (Å²) in [4.78, 5) is 16.1. The second-order valence-corrected chi connectivity index (χ2v) is 6.60. The molecule has 1 aromatic heterocycles. The van der Waals surface area contributed by atoms with E-state index in [1.54, 1.807) is 6.20 Å². The summed E-state index contributed by atoms with van der Waals surface area (Å²) in [5.74, 6) is 0.631. The number of alkyl halides is 3. The number of anilines is 1. The van der Waals surface area contributed by atoms with Crippen LogP contribution in [0.5, 0.6) is 0 Å². The van der Waals surface area contributed by atoms with Gasteiger partial charge >= 0.3 is 6.18 Å². The Morgan fingerprint density at radius 2 is 1.83 bits per heavy atom. The smallest absolute Gasteiger partial charge is 0.416 e. The molecule has 0 atom stereocenters. The Kier molecular flexibility index (Phi) is 6.68. The van der Waals surface area contributed by atoms with Crippen molar-refractivity contribution in [2.45, 2.75) is 19.0 Å². The Labute approximate surface area is 175 Å². The fourth-order valence-electron chi connectivity index (χ4n) is 2.51. The molecule has 1 heterocycles. The molecule has 0 bridgehead atoms. The Hall–Kier alpha value is -3.40. The molecule has 0 unspecified atom stereocenters. The molecule has 3 N–H and O–H groups in total. The van der Waals surface area contributed by atoms with Gasteiger partial charge < -0.3 is 9.73 Å². The van der Waals surface area contributed by atoms with Crippen molar-refractivity contribution in [2.75, 3.05) is 5.32 Å². The first-order valence-electron chi connectivity index (χ1n) is 8.84. The van der Waals surface area contributed by atoms with Crippen molar-refractivity contribution < 1.29 is 22.4 Å². The van der Waals surface area contributed by atoms with Gasteiger partial charge in [-0.25, -0.2) is 4.98 Å². The zero-order valence-electron chi connectivity index (χ0n) is 15.5. The highest BCUT2D eigenvalue weighted by molar-refractivity contribution is 7.80. The Bertz CT molecular complexity index is 1020. The van der Waals surface area contributed by atoms with E-state index in [9.17, 15) is 18.0 Å². The SMILES string of the molecule is O=C(CCc1ncc(-c2ccccc2)o1)NNC(=S)Nc1cccc(C(F)(F)F)c1. The number of oxazole rings is 1. The second kappa shape index (κ2) is 9.40. The fourth-order valence-corrected chi connectivity index (χ4v) is 2.68. The largest absolute Gasteiger partial charge is 0.441 e. The van der Waals surface area contributed by atoms with E-state index in [2.05, 4.69) is 21.2 Å². The molecule has 2 aromatic carbocycles. The zero-order chi connectivity index (χ0) is 21.6. The quantitative estimate of drug-likeness (QED) is 0.410. The van der Waals surface area contributed by atoms with Crippen LogP contribution >= 0.6 is 12.2 Å². The predicted molar refractivity (Wildman–Crippen MR) is 109 cm³/mol. The van der Waals surface area contributed by atoms with Gasteiger partial charge in [0.2, 0.25) is 5.91 Å². The van der Waals surface area contributed by atoms with Gasteiger partial charge in [0, 0.05) is 24.1 Å². The number of carbonyl (C=O) groups excluding carboxylic acids is 1. The van der Waals surface area contributed by atoms with Crippen molar-refractivity contribution in [1.82, 2.24) is 15.8 Å². The topological polar surface area (TPSA) is 79.2 Å². The molecule has 156 valence electrons. The van der Waals surface area contributed by atoms with E-state index in [4.69, 9.17) is 16.6 Å². The summed E-state index contributed by atoms with van der Waals surface area (Å²) in [6.45, 7) is 0. The van der Waals surface area contributed by atoms with E-state index in [0.717, 1.165) is 17.7 Å². The first-order chi connectivity index (χ1) is 14.3. The molecule has 10 heteroatoms. The molecule has 0 spiro atoms. The number of thiocarbonyl (C=S) groups is 1. The maximum atomic E-state index is 12.7. The van der Waals surface area contributed by atoms with Gasteiger partial charge in [-0.2, -0.15) is 13.2 Å². The second-order valence-electron chi connectivity index (χ2n) is 6.19. The molecule has 3 aromatic rings. The third-order valence-corrected chi connectivity index (χ3v) is 4.15. The van der Waals surface area contributed by atoms with Gasteiger partial charge in [0.25, 0.3) is 0 Å². The summed E-state index contributed by atoms with van der Waals surface area (Å²) < 4.78 is 43.8. The lowest BCUT2D eigenvalue weighted by molar-refractivity contribution is -0.137. The summed E-state index contributed by atoms with van der Waals surface area (Å²) in [5.41, 5.74) is 5.04. The number of carbonyl (C=O) groups is 1. The van der Waals surface area contributed by atoms with Crippen LogP contribution in [-0.2, 0) is 17.4 Å². The van der Waals surface area contributed by atoms with Gasteiger partial charge in [-0.15, -0.1) is 0 Å². The van der Waals surface area contributed by atoms with E-state index >= 15 is 0 Å². The minimum atomic E-state index is -4.46. The predicted octanol–water partition coefficient (Wildman–Crippen LogP) is 4.31. The van der Waals surface area contributed by atoms with Gasteiger partial charge in [-0.1, -0.05) is 36.4 Å². The summed E-state index contributed by atoms with van der Waals surface area (Å²) in [6.07, 6.45) is -2.52. The number of halogens is 3. The van der Waals surface area contributed by atoms with Gasteiger partial charge in [0.1, 0.15) is 0 Å². The average Bonchev–Trinajstić information content (AvgIpc) is 3.20. The highest BCUT2D eigenvalue weighted by atomic mass is 32.1. The van der Waals surface area contributed by atoms with Crippen molar-refractivity contribution in [3.63, 3.8) is 0 Å². The van der Waals surface area contributed by atoms with Crippen LogP contribution in [0.1, 0.15) is 17.9 Å². The van der Waals surface area contributed by atoms with E-state index in [1.807, 2.05) is 30.3 Å². The van der Waals surface area contributed by atoms with Crippen LogP contribution in [0.4, 0.5) is 18.9 Å². The minimum Gasteiger partial charge on any atom is -0.441 e. The molecule has 0 fully saturated rings. The number of aromatic nitrogens is 1. The molecule has 30 heavy (non-hydrogen) atoms. The minimum absolute atomic E-state index is 0.0508. The van der Waals surface area contributed by atoms with Crippen LogP contribution in [-0.4, -0.2) is 16.0 Å². The molecule has 0 aliphatic heterocycles. The molecule has 1 amide bonds. The lowest BCUT2D eigenvalue weighted by Crippen LogP contribution is -2.43. The van der Waals surface area contributed by atoms with Gasteiger partial charge in [0.15, 0.2) is 16.8 Å². The van der Waals surface area contributed by atoms with Gasteiger partial charge in [-0.05, 0) is 30.4 Å². The van der Waals surface area contributed by atoms with Crippen LogP contribution in [0.3, 0.4) is 0 Å². The highest BCUT2D eigenvalue weighted by Gasteiger charge is 2.30. The molecular formula is C20H17F3N4O2S. The zero-order valence-corrected chi connectivity index (χ0v) is 16.3. The van der Waals surface area contributed by atoms with Crippen LogP contribution in [0, 0.1) is 0 Å². The fraction of sp³-hybridized carbons (Fsp3) is 0.150. The molecular weight excluding hydrogens is 417 g/mol. The van der Waals surface area contributed by atoms with Crippen molar-refractivity contribution >= 4 is 28.9 Å². The monoisotopic (exact) mass is 434 g/mol. The third-order valence-electron chi connectivity index (χ3n) is 3.94. The maximum absolute atomic E-state index is 12.7.